The van der Waals surface area contributed by atoms with Crippen molar-refractivity contribution in [2.75, 3.05) is 10.7 Å². The lowest BCUT2D eigenvalue weighted by Gasteiger charge is -2.27. The van der Waals surface area contributed by atoms with E-state index in [-0.39, 0.29) is 6.04 Å². The molecule has 4 aromatic rings. The van der Waals surface area contributed by atoms with Crippen LogP contribution in [0.2, 0.25) is 5.02 Å². The van der Waals surface area contributed by atoms with Crippen molar-refractivity contribution in [2.24, 2.45) is 0 Å². The number of hydrogen-bond acceptors (Lipinski definition) is 8. The Morgan fingerprint density at radius 2 is 1.97 bits per heavy atom. The smallest absolute Gasteiger partial charge is 0.343 e. The van der Waals surface area contributed by atoms with Crippen molar-refractivity contribution in [1.82, 2.24) is 15.4 Å². The van der Waals surface area contributed by atoms with Crippen molar-refractivity contribution < 1.29 is 9.21 Å². The van der Waals surface area contributed by atoms with Crippen LogP contribution in [0.25, 0.3) is 21.9 Å². The van der Waals surface area contributed by atoms with Gasteiger partial charge in [0.15, 0.2) is 12.1 Å². The number of hydrazine groups is 1. The fourth-order valence-electron chi connectivity index (χ4n) is 4.35. The van der Waals surface area contributed by atoms with Gasteiger partial charge in [0, 0.05) is 16.5 Å². The molecule has 0 bridgehead atoms. The summed E-state index contributed by atoms with van der Waals surface area (Å²) < 4.78 is 5.90. The molecule has 3 N–H and O–H groups in total. The second kappa shape index (κ2) is 7.99. The molecular weight excluding hydrogens is 442 g/mol. The van der Waals surface area contributed by atoms with Crippen LogP contribution in [0.4, 0.5) is 11.6 Å². The van der Waals surface area contributed by atoms with Gasteiger partial charge in [0.2, 0.25) is 0 Å². The first kappa shape index (κ1) is 21.1. The van der Waals surface area contributed by atoms with Crippen molar-refractivity contribution in [2.45, 2.75) is 25.9 Å². The zero-order valence-electron chi connectivity index (χ0n) is 17.9. The van der Waals surface area contributed by atoms with Crippen LogP contribution >= 0.6 is 11.6 Å². The molecule has 5 rings (SSSR count). The molecular formula is C24H20ClN5O3. The highest BCUT2D eigenvalue weighted by atomic mass is 35.5. The summed E-state index contributed by atoms with van der Waals surface area (Å²) in [5.41, 5.74) is 11.5. The Labute approximate surface area is 194 Å². The third-order valence-electron chi connectivity index (χ3n) is 5.93. The summed E-state index contributed by atoms with van der Waals surface area (Å²) in [6.07, 6.45) is 2.11. The quantitative estimate of drug-likeness (QED) is 0.428. The molecule has 0 spiro atoms. The van der Waals surface area contributed by atoms with Crippen LogP contribution in [0.15, 0.2) is 58.0 Å². The number of nitrogen functional groups attached to an aromatic ring is 1. The molecule has 1 aliphatic heterocycles. The van der Waals surface area contributed by atoms with E-state index in [4.69, 9.17) is 21.8 Å². The van der Waals surface area contributed by atoms with Crippen LogP contribution in [-0.4, -0.2) is 16.3 Å². The summed E-state index contributed by atoms with van der Waals surface area (Å²) in [5.74, 6) is 1.43. The minimum Gasteiger partial charge on any atom is -0.424 e. The lowest BCUT2D eigenvalue weighted by Crippen LogP contribution is -2.37. The number of nitrogens with zero attached hydrogens (tertiary/aromatic N) is 3. The van der Waals surface area contributed by atoms with Gasteiger partial charge in [0.1, 0.15) is 23.9 Å². The largest absolute Gasteiger partial charge is 0.424 e. The van der Waals surface area contributed by atoms with Crippen LogP contribution in [0.1, 0.15) is 47.6 Å². The number of hydrogen-bond donors (Lipinski definition) is 2. The predicted molar refractivity (Wildman–Crippen MR) is 127 cm³/mol. The van der Waals surface area contributed by atoms with Crippen LogP contribution < -0.4 is 21.8 Å². The van der Waals surface area contributed by atoms with Gasteiger partial charge in [-0.3, -0.25) is 9.80 Å². The maximum absolute atomic E-state index is 12.9. The summed E-state index contributed by atoms with van der Waals surface area (Å²) >= 11 is 6.17. The van der Waals surface area contributed by atoms with Crippen molar-refractivity contribution in [3.63, 3.8) is 0 Å². The Morgan fingerprint density at radius 1 is 1.21 bits per heavy atom. The third kappa shape index (κ3) is 3.35. The van der Waals surface area contributed by atoms with Crippen LogP contribution in [0, 0.1) is 0 Å². The van der Waals surface area contributed by atoms with Crippen LogP contribution in [-0.2, 0) is 0 Å². The highest BCUT2D eigenvalue weighted by Crippen LogP contribution is 2.42. The van der Waals surface area contributed by atoms with E-state index >= 15 is 0 Å². The molecule has 2 atom stereocenters. The summed E-state index contributed by atoms with van der Waals surface area (Å²) in [7, 11) is 0. The van der Waals surface area contributed by atoms with E-state index in [1.54, 1.807) is 24.3 Å². The Kier molecular flexibility index (Phi) is 5.11. The SMILES string of the molecule is CC1NN(C(C)c2oc(=O)c3ccccc3c2-c2ccc(Cl)c(C=O)c2)c2ncnc(N)c21. The Bertz CT molecular complexity index is 1470. The monoisotopic (exact) mass is 461 g/mol. The van der Waals surface area contributed by atoms with E-state index in [0.717, 1.165) is 5.56 Å². The summed E-state index contributed by atoms with van der Waals surface area (Å²) in [4.78, 5) is 33.0. The zero-order chi connectivity index (χ0) is 23.3. The lowest BCUT2D eigenvalue weighted by atomic mass is 9.94. The molecule has 2 aromatic carbocycles. The number of aldehydes is 1. The predicted octanol–water partition coefficient (Wildman–Crippen LogP) is 4.44. The van der Waals surface area contributed by atoms with Crippen LogP contribution in [0.3, 0.4) is 0 Å². The number of carbonyl (C=O) groups excluding carboxylic acids is 1. The number of carbonyl (C=O) groups is 1. The average Bonchev–Trinajstić information content (AvgIpc) is 3.17. The summed E-state index contributed by atoms with van der Waals surface area (Å²) in [6.45, 7) is 3.86. The van der Waals surface area contributed by atoms with E-state index < -0.39 is 11.7 Å². The Morgan fingerprint density at radius 3 is 2.73 bits per heavy atom. The first-order valence-corrected chi connectivity index (χ1v) is 10.7. The molecule has 2 aromatic heterocycles. The maximum Gasteiger partial charge on any atom is 0.343 e. The maximum atomic E-state index is 12.9. The Hall–Kier alpha value is -3.75. The lowest BCUT2D eigenvalue weighted by molar-refractivity contribution is 0.112. The number of anilines is 2. The van der Waals surface area contributed by atoms with E-state index in [9.17, 15) is 9.59 Å². The van der Waals surface area contributed by atoms with Gasteiger partial charge < -0.3 is 10.2 Å². The highest BCUT2D eigenvalue weighted by molar-refractivity contribution is 6.33. The van der Waals surface area contributed by atoms with Crippen molar-refractivity contribution in [3.8, 4) is 11.1 Å². The molecule has 0 fully saturated rings. The second-order valence-corrected chi connectivity index (χ2v) is 8.33. The number of fused-ring (bicyclic) bond motifs is 2. The summed E-state index contributed by atoms with van der Waals surface area (Å²) in [6, 6.07) is 11.8. The molecule has 2 unspecified atom stereocenters. The van der Waals surface area contributed by atoms with E-state index in [0.29, 0.717) is 56.2 Å². The number of nitrogens with one attached hydrogen (secondary N) is 1. The molecule has 0 saturated carbocycles. The molecule has 0 radical (unpaired) electrons. The van der Waals surface area contributed by atoms with Crippen molar-refractivity contribution >= 4 is 40.3 Å². The Balaban J connectivity index is 1.76. The highest BCUT2D eigenvalue weighted by Gasteiger charge is 2.35. The molecule has 3 heterocycles. The zero-order valence-corrected chi connectivity index (χ0v) is 18.6. The van der Waals surface area contributed by atoms with Gasteiger partial charge in [-0.25, -0.2) is 20.2 Å². The van der Waals surface area contributed by atoms with E-state index in [1.807, 2.05) is 37.1 Å². The van der Waals surface area contributed by atoms with Gasteiger partial charge in [-0.05, 0) is 37.6 Å². The topological polar surface area (TPSA) is 114 Å². The number of benzene rings is 2. The normalized spacial score (nSPS) is 16.1. The van der Waals surface area contributed by atoms with Gasteiger partial charge >= 0.3 is 5.63 Å². The number of rotatable bonds is 4. The molecule has 9 heteroatoms. The third-order valence-corrected chi connectivity index (χ3v) is 6.28. The van der Waals surface area contributed by atoms with Gasteiger partial charge in [-0.2, -0.15) is 0 Å². The van der Waals surface area contributed by atoms with Gasteiger partial charge in [0.05, 0.1) is 22.0 Å². The number of halogens is 1. The summed E-state index contributed by atoms with van der Waals surface area (Å²) in [5, 5.41) is 3.33. The first-order chi connectivity index (χ1) is 15.9. The van der Waals surface area contributed by atoms with Gasteiger partial charge in [-0.1, -0.05) is 35.9 Å². The fourth-order valence-corrected chi connectivity index (χ4v) is 4.51. The molecule has 166 valence electrons. The van der Waals surface area contributed by atoms with Crippen molar-refractivity contribution in [1.29, 1.82) is 0 Å². The van der Waals surface area contributed by atoms with Crippen LogP contribution in [0.5, 0.6) is 0 Å². The second-order valence-electron chi connectivity index (χ2n) is 7.92. The first-order valence-electron chi connectivity index (χ1n) is 10.4. The number of aromatic nitrogens is 2. The molecule has 8 nitrogen and oxygen atoms in total. The fraction of sp³-hybridized carbons (Fsp3) is 0.167. The van der Waals surface area contributed by atoms with Gasteiger partial charge in [0.25, 0.3) is 0 Å². The molecule has 0 amide bonds. The van der Waals surface area contributed by atoms with E-state index in [2.05, 4.69) is 15.4 Å². The number of nitrogens with two attached hydrogens (primary N) is 1. The molecule has 33 heavy (non-hydrogen) atoms. The minimum atomic E-state index is -0.453. The molecule has 0 aliphatic carbocycles. The minimum absolute atomic E-state index is 0.128. The molecule has 1 aliphatic rings. The average molecular weight is 462 g/mol. The molecule has 0 saturated heterocycles. The standard InChI is InChI=1S/C24H20ClN5O3/c1-12-19-22(26)27-11-28-23(19)30(29-12)13(2)21-20(14-7-8-18(25)15(9-14)10-31)16-5-3-4-6-17(16)24(32)33-21/h3-13,29H,1-2H3,(H2,26,27,28). The van der Waals surface area contributed by atoms with Crippen molar-refractivity contribution in [3.05, 3.63) is 81.1 Å². The van der Waals surface area contributed by atoms with Gasteiger partial charge in [-0.15, -0.1) is 0 Å². The van der Waals surface area contributed by atoms with E-state index in [1.165, 1.54) is 6.33 Å².